The fourth-order valence-corrected chi connectivity index (χ4v) is 2.60. The Labute approximate surface area is 131 Å². The van der Waals surface area contributed by atoms with Gasteiger partial charge in [-0.05, 0) is 31.4 Å². The minimum absolute atomic E-state index is 0.207. The molecule has 0 heterocycles. The van der Waals surface area contributed by atoms with Crippen LogP contribution in [0.2, 0.25) is 0 Å². The Hall–Kier alpha value is -1.68. The van der Waals surface area contributed by atoms with E-state index in [-0.39, 0.29) is 11.7 Å². The SMILES string of the molecule is O=C(/C=C/c1ccccc1F)NCCCOC1CCCCC1. The Morgan fingerprint density at radius 2 is 2.05 bits per heavy atom. The molecule has 0 bridgehead atoms. The van der Waals surface area contributed by atoms with Crippen molar-refractivity contribution in [2.75, 3.05) is 13.2 Å². The zero-order chi connectivity index (χ0) is 15.6. The molecular formula is C18H24FNO2. The highest BCUT2D eigenvalue weighted by atomic mass is 19.1. The van der Waals surface area contributed by atoms with Gasteiger partial charge in [-0.3, -0.25) is 4.79 Å². The normalized spacial score (nSPS) is 16.0. The summed E-state index contributed by atoms with van der Waals surface area (Å²) in [6, 6.07) is 6.37. The highest BCUT2D eigenvalue weighted by molar-refractivity contribution is 5.91. The van der Waals surface area contributed by atoms with Crippen LogP contribution < -0.4 is 5.32 Å². The van der Waals surface area contributed by atoms with Crippen LogP contribution >= 0.6 is 0 Å². The zero-order valence-corrected chi connectivity index (χ0v) is 12.9. The summed E-state index contributed by atoms with van der Waals surface area (Å²) < 4.78 is 19.2. The fourth-order valence-electron chi connectivity index (χ4n) is 2.60. The maximum Gasteiger partial charge on any atom is 0.244 e. The van der Waals surface area contributed by atoms with E-state index in [1.165, 1.54) is 37.5 Å². The van der Waals surface area contributed by atoms with Crippen LogP contribution in [-0.2, 0) is 9.53 Å². The number of halogens is 1. The van der Waals surface area contributed by atoms with Gasteiger partial charge in [0.1, 0.15) is 5.82 Å². The first-order valence-corrected chi connectivity index (χ1v) is 8.08. The third kappa shape index (κ3) is 5.98. The van der Waals surface area contributed by atoms with Gasteiger partial charge in [-0.2, -0.15) is 0 Å². The average molecular weight is 305 g/mol. The van der Waals surface area contributed by atoms with Gasteiger partial charge in [0.25, 0.3) is 0 Å². The smallest absolute Gasteiger partial charge is 0.244 e. The van der Waals surface area contributed by atoms with E-state index in [0.717, 1.165) is 19.3 Å². The first-order chi connectivity index (χ1) is 10.8. The minimum Gasteiger partial charge on any atom is -0.378 e. The van der Waals surface area contributed by atoms with E-state index >= 15 is 0 Å². The van der Waals surface area contributed by atoms with Crippen molar-refractivity contribution in [3.05, 3.63) is 41.7 Å². The van der Waals surface area contributed by atoms with Gasteiger partial charge < -0.3 is 10.1 Å². The summed E-state index contributed by atoms with van der Waals surface area (Å²) in [6.45, 7) is 1.26. The Bertz CT molecular complexity index is 496. The van der Waals surface area contributed by atoms with Crippen molar-refractivity contribution >= 4 is 12.0 Å². The average Bonchev–Trinajstić information content (AvgIpc) is 2.55. The van der Waals surface area contributed by atoms with E-state index in [9.17, 15) is 9.18 Å². The number of hydrogen-bond acceptors (Lipinski definition) is 2. The molecule has 1 N–H and O–H groups in total. The van der Waals surface area contributed by atoms with Crippen molar-refractivity contribution in [3.63, 3.8) is 0 Å². The van der Waals surface area contributed by atoms with E-state index in [4.69, 9.17) is 4.74 Å². The van der Waals surface area contributed by atoms with Gasteiger partial charge in [-0.1, -0.05) is 37.5 Å². The summed E-state index contributed by atoms with van der Waals surface area (Å²) in [5.41, 5.74) is 0.415. The lowest BCUT2D eigenvalue weighted by molar-refractivity contribution is -0.116. The molecule has 0 aliphatic heterocycles. The minimum atomic E-state index is -0.326. The first-order valence-electron chi connectivity index (χ1n) is 8.08. The molecule has 0 unspecified atom stereocenters. The lowest BCUT2D eigenvalue weighted by atomic mass is 9.98. The molecule has 2 rings (SSSR count). The number of rotatable bonds is 7. The maximum absolute atomic E-state index is 13.4. The summed E-state index contributed by atoms with van der Waals surface area (Å²) in [6.07, 6.45) is 10.2. The molecular weight excluding hydrogens is 281 g/mol. The van der Waals surface area contributed by atoms with Gasteiger partial charge >= 0.3 is 0 Å². The van der Waals surface area contributed by atoms with Crippen molar-refractivity contribution in [1.82, 2.24) is 5.32 Å². The van der Waals surface area contributed by atoms with Gasteiger partial charge in [0.2, 0.25) is 5.91 Å². The summed E-state index contributed by atoms with van der Waals surface area (Å²) in [7, 11) is 0. The molecule has 3 nitrogen and oxygen atoms in total. The van der Waals surface area contributed by atoms with E-state index in [0.29, 0.717) is 24.8 Å². The first kappa shape index (κ1) is 16.7. The molecule has 0 aromatic heterocycles. The molecule has 0 radical (unpaired) electrons. The number of benzene rings is 1. The molecule has 1 amide bonds. The zero-order valence-electron chi connectivity index (χ0n) is 12.9. The van der Waals surface area contributed by atoms with E-state index in [2.05, 4.69) is 5.32 Å². The van der Waals surface area contributed by atoms with Crippen molar-refractivity contribution in [3.8, 4) is 0 Å². The Balaban J connectivity index is 1.58. The Morgan fingerprint density at radius 3 is 2.82 bits per heavy atom. The van der Waals surface area contributed by atoms with E-state index in [1.807, 2.05) is 0 Å². The molecule has 120 valence electrons. The van der Waals surface area contributed by atoms with Crippen molar-refractivity contribution in [1.29, 1.82) is 0 Å². The standard InChI is InChI=1S/C18H24FNO2/c19-17-10-5-4-7-15(17)11-12-18(21)20-13-6-14-22-16-8-2-1-3-9-16/h4-5,7,10-12,16H,1-3,6,8-9,13-14H2,(H,20,21)/b12-11+. The number of hydrogen-bond donors (Lipinski definition) is 1. The third-order valence-electron chi connectivity index (χ3n) is 3.85. The summed E-state index contributed by atoms with van der Waals surface area (Å²) >= 11 is 0. The molecule has 0 spiro atoms. The highest BCUT2D eigenvalue weighted by Gasteiger charge is 2.12. The number of carbonyl (C=O) groups excluding carboxylic acids is 1. The number of amides is 1. The lowest BCUT2D eigenvalue weighted by Gasteiger charge is -2.21. The maximum atomic E-state index is 13.4. The summed E-state index contributed by atoms with van der Waals surface area (Å²) in [5.74, 6) is -0.534. The predicted octanol–water partition coefficient (Wildman–Crippen LogP) is 3.69. The van der Waals surface area contributed by atoms with Gasteiger partial charge in [0, 0.05) is 24.8 Å². The van der Waals surface area contributed by atoms with Crippen LogP contribution in [-0.4, -0.2) is 25.2 Å². The molecule has 0 atom stereocenters. The second kappa shape index (κ2) is 9.36. The van der Waals surface area contributed by atoms with Gasteiger partial charge in [-0.25, -0.2) is 4.39 Å². The Kier molecular flexibility index (Phi) is 7.10. The largest absolute Gasteiger partial charge is 0.378 e. The number of nitrogens with one attached hydrogen (secondary N) is 1. The predicted molar refractivity (Wildman–Crippen MR) is 85.9 cm³/mol. The van der Waals surface area contributed by atoms with Gasteiger partial charge in [0.05, 0.1) is 6.10 Å². The fraction of sp³-hybridized carbons (Fsp3) is 0.500. The topological polar surface area (TPSA) is 38.3 Å². The van der Waals surface area contributed by atoms with Crippen LogP contribution in [0.3, 0.4) is 0 Å². The molecule has 22 heavy (non-hydrogen) atoms. The van der Waals surface area contributed by atoms with Crippen molar-refractivity contribution in [2.45, 2.75) is 44.6 Å². The van der Waals surface area contributed by atoms with Crippen LogP contribution in [0, 0.1) is 5.82 Å². The van der Waals surface area contributed by atoms with Crippen LogP contribution in [0.25, 0.3) is 6.08 Å². The van der Waals surface area contributed by atoms with Crippen LogP contribution in [0.5, 0.6) is 0 Å². The summed E-state index contributed by atoms with van der Waals surface area (Å²) in [5, 5.41) is 2.78. The molecule has 0 saturated heterocycles. The van der Waals surface area contributed by atoms with E-state index < -0.39 is 0 Å². The number of carbonyl (C=O) groups is 1. The third-order valence-corrected chi connectivity index (χ3v) is 3.85. The quantitative estimate of drug-likeness (QED) is 0.616. The van der Waals surface area contributed by atoms with Crippen LogP contribution in [0.1, 0.15) is 44.1 Å². The van der Waals surface area contributed by atoms with Crippen LogP contribution in [0.15, 0.2) is 30.3 Å². The number of ether oxygens (including phenoxy) is 1. The Morgan fingerprint density at radius 1 is 1.27 bits per heavy atom. The molecule has 1 aromatic carbocycles. The summed E-state index contributed by atoms with van der Waals surface area (Å²) in [4.78, 5) is 11.6. The van der Waals surface area contributed by atoms with Gasteiger partial charge in [0.15, 0.2) is 0 Å². The molecule has 4 heteroatoms. The molecule has 1 fully saturated rings. The monoisotopic (exact) mass is 305 g/mol. The molecule has 1 saturated carbocycles. The van der Waals surface area contributed by atoms with Gasteiger partial charge in [-0.15, -0.1) is 0 Å². The second-order valence-electron chi connectivity index (χ2n) is 5.63. The van der Waals surface area contributed by atoms with E-state index in [1.54, 1.807) is 18.2 Å². The second-order valence-corrected chi connectivity index (χ2v) is 5.63. The highest BCUT2D eigenvalue weighted by Crippen LogP contribution is 2.20. The van der Waals surface area contributed by atoms with Crippen molar-refractivity contribution in [2.24, 2.45) is 0 Å². The molecule has 1 aliphatic carbocycles. The van der Waals surface area contributed by atoms with Crippen molar-refractivity contribution < 1.29 is 13.9 Å². The van der Waals surface area contributed by atoms with Crippen LogP contribution in [0.4, 0.5) is 4.39 Å². The lowest BCUT2D eigenvalue weighted by Crippen LogP contribution is -2.24. The molecule has 1 aromatic rings. The molecule has 1 aliphatic rings.